The largest absolute Gasteiger partial charge is 0.478 e. The maximum absolute atomic E-state index is 11.2. The molecule has 4 rings (SSSR count). The van der Waals surface area contributed by atoms with Crippen LogP contribution in [-0.2, 0) is 12.8 Å². The van der Waals surface area contributed by atoms with Crippen molar-refractivity contribution in [2.24, 2.45) is 0 Å². The van der Waals surface area contributed by atoms with Crippen LogP contribution >= 0.6 is 11.3 Å². The van der Waals surface area contributed by atoms with E-state index >= 15 is 0 Å². The third kappa shape index (κ3) is 4.04. The highest BCUT2D eigenvalue weighted by molar-refractivity contribution is 7.08. The van der Waals surface area contributed by atoms with E-state index in [0.717, 1.165) is 64.2 Å². The van der Waals surface area contributed by atoms with Gasteiger partial charge in [0.1, 0.15) is 5.82 Å². The first kappa shape index (κ1) is 20.0. The average molecular weight is 418 g/mol. The van der Waals surface area contributed by atoms with Crippen molar-refractivity contribution in [3.8, 4) is 11.4 Å². The van der Waals surface area contributed by atoms with E-state index in [1.54, 1.807) is 23.5 Å². The van der Waals surface area contributed by atoms with Crippen molar-refractivity contribution in [3.63, 3.8) is 0 Å². The SMILES string of the molecule is CCCc1nc(-c2ccsc2)nc(Nc2ccc3cc(C(=O)O)ccc3c2)c1CC. The molecular formula is C24H23N3O2S. The van der Waals surface area contributed by atoms with Crippen LogP contribution in [0.25, 0.3) is 22.2 Å². The first-order valence-electron chi connectivity index (χ1n) is 10.1. The predicted octanol–water partition coefficient (Wildman–Crippen LogP) is 6.32. The van der Waals surface area contributed by atoms with Gasteiger partial charge in [0.25, 0.3) is 0 Å². The molecule has 0 bridgehead atoms. The summed E-state index contributed by atoms with van der Waals surface area (Å²) in [4.78, 5) is 20.9. The second kappa shape index (κ2) is 8.63. The Labute approximate surface area is 179 Å². The number of anilines is 2. The Morgan fingerprint density at radius 2 is 1.87 bits per heavy atom. The number of nitrogens with one attached hydrogen (secondary N) is 1. The number of rotatable bonds is 7. The summed E-state index contributed by atoms with van der Waals surface area (Å²) in [5.74, 6) is 0.655. The van der Waals surface area contributed by atoms with Crippen molar-refractivity contribution in [2.75, 3.05) is 5.32 Å². The molecule has 2 N–H and O–H groups in total. The number of aromatic carboxylic acids is 1. The fraction of sp³-hybridized carbons (Fsp3) is 0.208. The molecule has 2 heterocycles. The van der Waals surface area contributed by atoms with Crippen LogP contribution < -0.4 is 5.32 Å². The molecule has 0 spiro atoms. The number of thiophene rings is 1. The van der Waals surface area contributed by atoms with E-state index in [1.165, 1.54) is 0 Å². The Bertz CT molecular complexity index is 1200. The fourth-order valence-corrected chi connectivity index (χ4v) is 4.20. The molecule has 2 aromatic carbocycles. The van der Waals surface area contributed by atoms with Crippen LogP contribution in [0.3, 0.4) is 0 Å². The van der Waals surface area contributed by atoms with E-state index in [9.17, 15) is 9.90 Å². The maximum atomic E-state index is 11.2. The molecule has 2 aromatic heterocycles. The van der Waals surface area contributed by atoms with Crippen molar-refractivity contribution >= 4 is 39.6 Å². The van der Waals surface area contributed by atoms with Gasteiger partial charge < -0.3 is 10.4 Å². The molecule has 0 unspecified atom stereocenters. The number of benzene rings is 2. The summed E-state index contributed by atoms with van der Waals surface area (Å²) in [7, 11) is 0. The lowest BCUT2D eigenvalue weighted by molar-refractivity contribution is 0.0697. The van der Waals surface area contributed by atoms with Gasteiger partial charge in [0.2, 0.25) is 0 Å². The van der Waals surface area contributed by atoms with Gasteiger partial charge in [-0.05, 0) is 59.3 Å². The van der Waals surface area contributed by atoms with Crippen LogP contribution in [0.2, 0.25) is 0 Å². The molecule has 0 atom stereocenters. The van der Waals surface area contributed by atoms with Crippen LogP contribution in [0.5, 0.6) is 0 Å². The van der Waals surface area contributed by atoms with E-state index in [4.69, 9.17) is 9.97 Å². The van der Waals surface area contributed by atoms with Crippen LogP contribution in [-0.4, -0.2) is 21.0 Å². The molecule has 0 aliphatic rings. The Morgan fingerprint density at radius 3 is 2.57 bits per heavy atom. The minimum absolute atomic E-state index is 0.289. The van der Waals surface area contributed by atoms with E-state index in [0.29, 0.717) is 0 Å². The van der Waals surface area contributed by atoms with Gasteiger partial charge in [-0.3, -0.25) is 0 Å². The summed E-state index contributed by atoms with van der Waals surface area (Å²) in [5.41, 5.74) is 4.46. The molecule has 30 heavy (non-hydrogen) atoms. The van der Waals surface area contributed by atoms with Gasteiger partial charge >= 0.3 is 5.97 Å². The lowest BCUT2D eigenvalue weighted by Crippen LogP contribution is -2.07. The summed E-state index contributed by atoms with van der Waals surface area (Å²) in [6.07, 6.45) is 2.78. The number of carboxylic acid groups (broad SMARTS) is 1. The minimum Gasteiger partial charge on any atom is -0.478 e. The second-order valence-corrected chi connectivity index (χ2v) is 7.92. The van der Waals surface area contributed by atoms with Crippen molar-refractivity contribution in [1.82, 2.24) is 9.97 Å². The fourth-order valence-electron chi connectivity index (χ4n) is 3.56. The van der Waals surface area contributed by atoms with Gasteiger partial charge in [-0.15, -0.1) is 0 Å². The Kier molecular flexibility index (Phi) is 5.77. The quantitative estimate of drug-likeness (QED) is 0.368. The molecule has 5 nitrogen and oxygen atoms in total. The van der Waals surface area contributed by atoms with Crippen molar-refractivity contribution in [2.45, 2.75) is 33.1 Å². The van der Waals surface area contributed by atoms with Crippen LogP contribution in [0.15, 0.2) is 53.2 Å². The van der Waals surface area contributed by atoms with E-state index in [2.05, 4.69) is 24.5 Å². The van der Waals surface area contributed by atoms with Gasteiger partial charge in [-0.2, -0.15) is 11.3 Å². The summed E-state index contributed by atoms with van der Waals surface area (Å²) in [6.45, 7) is 4.29. The monoisotopic (exact) mass is 417 g/mol. The third-order valence-corrected chi connectivity index (χ3v) is 5.75. The number of aryl methyl sites for hydroxylation is 1. The standard InChI is InChI=1S/C24H23N3O2S/c1-3-5-21-20(4-2)23(27-22(26-21)18-10-11-30-14-18)25-19-9-8-15-12-17(24(28)29)7-6-16(15)13-19/h6-14H,3-5H2,1-2H3,(H,28,29)(H,25,26,27). The number of fused-ring (bicyclic) bond motifs is 1. The van der Waals surface area contributed by atoms with Crippen LogP contribution in [0, 0.1) is 0 Å². The number of hydrogen-bond donors (Lipinski definition) is 2. The van der Waals surface area contributed by atoms with E-state index in [1.807, 2.05) is 35.7 Å². The van der Waals surface area contributed by atoms with E-state index in [-0.39, 0.29) is 5.56 Å². The number of aromatic nitrogens is 2. The zero-order valence-electron chi connectivity index (χ0n) is 17.0. The molecular weight excluding hydrogens is 394 g/mol. The molecule has 0 aliphatic carbocycles. The summed E-state index contributed by atoms with van der Waals surface area (Å²) < 4.78 is 0. The Morgan fingerprint density at radius 1 is 1.07 bits per heavy atom. The lowest BCUT2D eigenvalue weighted by Gasteiger charge is -2.16. The number of hydrogen-bond acceptors (Lipinski definition) is 5. The zero-order chi connectivity index (χ0) is 21.1. The molecule has 0 amide bonds. The first-order valence-corrected chi connectivity index (χ1v) is 11.0. The van der Waals surface area contributed by atoms with Crippen molar-refractivity contribution < 1.29 is 9.90 Å². The Hall–Kier alpha value is -3.25. The highest BCUT2D eigenvalue weighted by Crippen LogP contribution is 2.29. The molecule has 0 fully saturated rings. The van der Waals surface area contributed by atoms with Gasteiger partial charge in [-0.25, -0.2) is 14.8 Å². The van der Waals surface area contributed by atoms with Crippen LogP contribution in [0.4, 0.5) is 11.5 Å². The number of carboxylic acids is 1. The highest BCUT2D eigenvalue weighted by atomic mass is 32.1. The lowest BCUT2D eigenvalue weighted by atomic mass is 10.1. The molecule has 0 aliphatic heterocycles. The first-order chi connectivity index (χ1) is 14.6. The Balaban J connectivity index is 1.75. The molecule has 0 saturated heterocycles. The van der Waals surface area contributed by atoms with Crippen LogP contribution in [0.1, 0.15) is 41.9 Å². The summed E-state index contributed by atoms with van der Waals surface area (Å²) in [5, 5.41) is 18.7. The molecule has 152 valence electrons. The highest BCUT2D eigenvalue weighted by Gasteiger charge is 2.15. The van der Waals surface area contributed by atoms with Gasteiger partial charge in [0, 0.05) is 27.9 Å². The van der Waals surface area contributed by atoms with Gasteiger partial charge in [0.05, 0.1) is 5.56 Å². The summed E-state index contributed by atoms with van der Waals surface area (Å²) >= 11 is 1.64. The second-order valence-electron chi connectivity index (χ2n) is 7.14. The zero-order valence-corrected chi connectivity index (χ0v) is 17.8. The summed E-state index contributed by atoms with van der Waals surface area (Å²) in [6, 6.07) is 13.1. The molecule has 6 heteroatoms. The maximum Gasteiger partial charge on any atom is 0.335 e. The molecule has 4 aromatic rings. The smallest absolute Gasteiger partial charge is 0.335 e. The van der Waals surface area contributed by atoms with Gasteiger partial charge in [0.15, 0.2) is 5.82 Å². The topological polar surface area (TPSA) is 75.1 Å². The number of nitrogens with zero attached hydrogens (tertiary/aromatic N) is 2. The predicted molar refractivity (Wildman–Crippen MR) is 123 cm³/mol. The average Bonchev–Trinajstić information content (AvgIpc) is 3.28. The van der Waals surface area contributed by atoms with E-state index < -0.39 is 5.97 Å². The van der Waals surface area contributed by atoms with Crippen molar-refractivity contribution in [1.29, 1.82) is 0 Å². The minimum atomic E-state index is -0.919. The molecule has 0 radical (unpaired) electrons. The molecule has 0 saturated carbocycles. The third-order valence-electron chi connectivity index (χ3n) is 5.06. The normalized spacial score (nSPS) is 11.0. The van der Waals surface area contributed by atoms with Gasteiger partial charge in [-0.1, -0.05) is 32.4 Å². The number of carbonyl (C=O) groups is 1. The van der Waals surface area contributed by atoms with Crippen molar-refractivity contribution in [3.05, 3.63) is 70.0 Å².